The Morgan fingerprint density at radius 2 is 1.63 bits per heavy atom. The van der Waals surface area contributed by atoms with Crippen LogP contribution in [0.3, 0.4) is 0 Å². The smallest absolute Gasteiger partial charge is 0.199 e. The molecule has 1 saturated carbocycles. The van der Waals surface area contributed by atoms with Crippen molar-refractivity contribution in [2.24, 2.45) is 5.92 Å². The van der Waals surface area contributed by atoms with E-state index in [0.29, 0.717) is 19.0 Å². The van der Waals surface area contributed by atoms with Gasteiger partial charge in [0.1, 0.15) is 0 Å². The zero-order valence-electron chi connectivity index (χ0n) is 11.5. The first-order valence-corrected chi connectivity index (χ1v) is 9.44. The lowest BCUT2D eigenvalue weighted by molar-refractivity contribution is 0.304. The predicted octanol–water partition coefficient (Wildman–Crippen LogP) is 2.49. The first kappa shape index (κ1) is 15.5. The molecule has 0 aromatic heterocycles. The molecule has 0 aromatic carbocycles. The minimum atomic E-state index is -3.32. The third kappa shape index (κ3) is 4.31. The van der Waals surface area contributed by atoms with E-state index in [2.05, 4.69) is 4.72 Å². The van der Waals surface area contributed by atoms with Gasteiger partial charge in [-0.05, 0) is 31.6 Å². The Bertz CT molecular complexity index is 367. The number of halogens is 1. The van der Waals surface area contributed by atoms with Crippen molar-refractivity contribution in [3.05, 3.63) is 0 Å². The average molecular weight is 309 g/mol. The first-order valence-electron chi connectivity index (χ1n) is 7.47. The molecule has 0 radical (unpaired) electrons. The Hall–Kier alpha value is 0.160. The molecule has 0 bridgehead atoms. The highest BCUT2D eigenvalue weighted by molar-refractivity contribution is 7.87. The molecule has 1 N–H and O–H groups in total. The fourth-order valence-electron chi connectivity index (χ4n) is 3.10. The second-order valence-electron chi connectivity index (χ2n) is 5.74. The Kier molecular flexibility index (Phi) is 5.93. The van der Waals surface area contributed by atoms with Gasteiger partial charge in [0.15, 0.2) is 0 Å². The third-order valence-corrected chi connectivity index (χ3v) is 6.35. The van der Waals surface area contributed by atoms with E-state index < -0.39 is 10.2 Å². The zero-order valence-corrected chi connectivity index (χ0v) is 13.1. The Morgan fingerprint density at radius 1 is 1.00 bits per heavy atom. The van der Waals surface area contributed by atoms with Gasteiger partial charge in [-0.2, -0.15) is 17.4 Å². The van der Waals surface area contributed by atoms with Crippen LogP contribution in [0.25, 0.3) is 0 Å². The molecule has 1 aliphatic carbocycles. The lowest BCUT2D eigenvalue weighted by Gasteiger charge is -2.32. The standard InChI is InChI=1S/C13H25ClN2O2S/c14-11-12-7-3-4-8-13(12)15-19(17,18)16-9-5-1-2-6-10-16/h12-13,15H,1-11H2. The van der Waals surface area contributed by atoms with Crippen LogP contribution in [0.5, 0.6) is 0 Å². The molecule has 19 heavy (non-hydrogen) atoms. The van der Waals surface area contributed by atoms with Crippen LogP contribution in [0, 0.1) is 5.92 Å². The Labute approximate surface area is 122 Å². The minimum absolute atomic E-state index is 0.0273. The average Bonchev–Trinajstić information content (AvgIpc) is 2.68. The maximum absolute atomic E-state index is 12.4. The molecule has 2 fully saturated rings. The van der Waals surface area contributed by atoms with Crippen LogP contribution < -0.4 is 4.72 Å². The minimum Gasteiger partial charge on any atom is -0.199 e. The number of rotatable bonds is 4. The van der Waals surface area contributed by atoms with E-state index >= 15 is 0 Å². The lowest BCUT2D eigenvalue weighted by Crippen LogP contribution is -2.49. The van der Waals surface area contributed by atoms with Crippen molar-refractivity contribution in [1.82, 2.24) is 9.03 Å². The number of hydrogen-bond acceptors (Lipinski definition) is 2. The van der Waals surface area contributed by atoms with Crippen molar-refractivity contribution in [2.45, 2.75) is 57.4 Å². The van der Waals surface area contributed by atoms with Crippen LogP contribution in [0.4, 0.5) is 0 Å². The zero-order chi connectivity index (χ0) is 13.7. The summed E-state index contributed by atoms with van der Waals surface area (Å²) in [7, 11) is -3.32. The van der Waals surface area contributed by atoms with Gasteiger partial charge in [0.2, 0.25) is 0 Å². The first-order chi connectivity index (χ1) is 9.13. The van der Waals surface area contributed by atoms with Gasteiger partial charge in [-0.3, -0.25) is 0 Å². The Balaban J connectivity index is 1.98. The summed E-state index contributed by atoms with van der Waals surface area (Å²) in [5, 5.41) is 0. The van der Waals surface area contributed by atoms with E-state index in [1.165, 1.54) is 6.42 Å². The number of nitrogens with one attached hydrogen (secondary N) is 1. The van der Waals surface area contributed by atoms with Crippen LogP contribution in [0.1, 0.15) is 51.4 Å². The van der Waals surface area contributed by atoms with Gasteiger partial charge in [0, 0.05) is 25.0 Å². The van der Waals surface area contributed by atoms with Gasteiger partial charge in [-0.1, -0.05) is 25.7 Å². The number of hydrogen-bond donors (Lipinski definition) is 1. The second kappa shape index (κ2) is 7.25. The summed E-state index contributed by atoms with van der Waals surface area (Å²) in [5.41, 5.74) is 0. The molecule has 4 nitrogen and oxygen atoms in total. The molecule has 112 valence electrons. The molecule has 6 heteroatoms. The molecule has 1 heterocycles. The maximum Gasteiger partial charge on any atom is 0.279 e. The lowest BCUT2D eigenvalue weighted by atomic mass is 9.86. The SMILES string of the molecule is O=S(=O)(NC1CCCCC1CCl)N1CCCCCC1. The van der Waals surface area contributed by atoms with Crippen LogP contribution in [-0.4, -0.2) is 37.7 Å². The fourth-order valence-corrected chi connectivity index (χ4v) is 5.05. The van der Waals surface area contributed by atoms with Gasteiger partial charge >= 0.3 is 0 Å². The van der Waals surface area contributed by atoms with Gasteiger partial charge in [-0.15, -0.1) is 11.6 Å². The summed E-state index contributed by atoms with van der Waals surface area (Å²) in [5.74, 6) is 0.838. The van der Waals surface area contributed by atoms with Crippen LogP contribution in [0.2, 0.25) is 0 Å². The summed E-state index contributed by atoms with van der Waals surface area (Å²) in [6.07, 6.45) is 8.45. The van der Waals surface area contributed by atoms with Crippen molar-refractivity contribution in [3.63, 3.8) is 0 Å². The summed E-state index contributed by atoms with van der Waals surface area (Å²) >= 11 is 5.97. The monoisotopic (exact) mass is 308 g/mol. The van der Waals surface area contributed by atoms with Crippen molar-refractivity contribution >= 4 is 21.8 Å². The predicted molar refractivity (Wildman–Crippen MR) is 78.6 cm³/mol. The molecule has 2 aliphatic rings. The fraction of sp³-hybridized carbons (Fsp3) is 1.00. The van der Waals surface area contributed by atoms with E-state index in [9.17, 15) is 8.42 Å². The van der Waals surface area contributed by atoms with Gasteiger partial charge in [0.05, 0.1) is 0 Å². The molecular weight excluding hydrogens is 284 g/mol. The normalized spacial score (nSPS) is 31.0. The molecule has 2 unspecified atom stereocenters. The van der Waals surface area contributed by atoms with Crippen molar-refractivity contribution < 1.29 is 8.42 Å². The van der Waals surface area contributed by atoms with Crippen LogP contribution in [-0.2, 0) is 10.2 Å². The molecule has 2 atom stereocenters. The van der Waals surface area contributed by atoms with Gasteiger partial charge in [0.25, 0.3) is 10.2 Å². The summed E-state index contributed by atoms with van der Waals surface area (Å²) in [6, 6.07) is 0.0273. The summed E-state index contributed by atoms with van der Waals surface area (Å²) < 4.78 is 29.4. The quantitative estimate of drug-likeness (QED) is 0.811. The highest BCUT2D eigenvalue weighted by atomic mass is 35.5. The van der Waals surface area contributed by atoms with Gasteiger partial charge in [-0.25, -0.2) is 0 Å². The van der Waals surface area contributed by atoms with Crippen LogP contribution >= 0.6 is 11.6 Å². The third-order valence-electron chi connectivity index (χ3n) is 4.31. The topological polar surface area (TPSA) is 49.4 Å². The highest BCUT2D eigenvalue weighted by Crippen LogP contribution is 2.26. The summed E-state index contributed by atoms with van der Waals surface area (Å²) in [6.45, 7) is 1.32. The van der Waals surface area contributed by atoms with Crippen molar-refractivity contribution in [2.75, 3.05) is 19.0 Å². The second-order valence-corrected chi connectivity index (χ2v) is 7.75. The van der Waals surface area contributed by atoms with E-state index in [-0.39, 0.29) is 12.0 Å². The van der Waals surface area contributed by atoms with Gasteiger partial charge < -0.3 is 0 Å². The Morgan fingerprint density at radius 3 is 2.26 bits per heavy atom. The van der Waals surface area contributed by atoms with E-state index in [1.807, 2.05) is 0 Å². The molecule has 1 saturated heterocycles. The largest absolute Gasteiger partial charge is 0.279 e. The molecule has 2 rings (SSSR count). The highest BCUT2D eigenvalue weighted by Gasteiger charge is 2.31. The van der Waals surface area contributed by atoms with Crippen molar-refractivity contribution in [1.29, 1.82) is 0 Å². The summed E-state index contributed by atoms with van der Waals surface area (Å²) in [4.78, 5) is 0. The number of alkyl halides is 1. The molecule has 1 aliphatic heterocycles. The van der Waals surface area contributed by atoms with Crippen LogP contribution in [0.15, 0.2) is 0 Å². The maximum atomic E-state index is 12.4. The molecule has 0 spiro atoms. The van der Waals surface area contributed by atoms with E-state index in [4.69, 9.17) is 11.6 Å². The molecule has 0 aromatic rings. The molecule has 0 amide bonds. The van der Waals surface area contributed by atoms with E-state index in [1.54, 1.807) is 4.31 Å². The van der Waals surface area contributed by atoms with Crippen molar-refractivity contribution in [3.8, 4) is 0 Å². The number of nitrogens with zero attached hydrogens (tertiary/aromatic N) is 1. The molecular formula is C13H25ClN2O2S. The van der Waals surface area contributed by atoms with E-state index in [0.717, 1.165) is 44.9 Å².